The van der Waals surface area contributed by atoms with E-state index in [9.17, 15) is 13.2 Å². The number of halogens is 3. The van der Waals surface area contributed by atoms with Gasteiger partial charge in [0.25, 0.3) is 0 Å². The van der Waals surface area contributed by atoms with Crippen LogP contribution in [0.25, 0.3) is 0 Å². The van der Waals surface area contributed by atoms with Crippen molar-refractivity contribution in [2.24, 2.45) is 0 Å². The molecule has 1 N–H and O–H groups in total. The normalized spacial score (nSPS) is 17.1. The molecule has 118 valence electrons. The van der Waals surface area contributed by atoms with Crippen LogP contribution in [-0.4, -0.2) is 49.9 Å². The van der Waals surface area contributed by atoms with Crippen LogP contribution < -0.4 is 10.1 Å². The maximum Gasteiger partial charge on any atom is 0.401 e. The molecule has 1 aromatic carbocycles. The van der Waals surface area contributed by atoms with Gasteiger partial charge in [0.2, 0.25) is 0 Å². The Kier molecular flexibility index (Phi) is 5.87. The Balaban J connectivity index is 1.86. The number of nitrogens with zero attached hydrogens (tertiary/aromatic N) is 1. The lowest BCUT2D eigenvalue weighted by Gasteiger charge is -2.34. The van der Waals surface area contributed by atoms with Crippen LogP contribution in [0.1, 0.15) is 12.8 Å². The summed E-state index contributed by atoms with van der Waals surface area (Å²) in [5.74, 6) is 0.690. The summed E-state index contributed by atoms with van der Waals surface area (Å²) in [6.07, 6.45) is -2.67. The van der Waals surface area contributed by atoms with Crippen LogP contribution in [-0.2, 0) is 0 Å². The number of benzene rings is 1. The Bertz CT molecular complexity index is 405. The number of rotatable bonds is 6. The third kappa shape index (κ3) is 5.93. The van der Waals surface area contributed by atoms with Gasteiger partial charge < -0.3 is 10.1 Å². The Hall–Kier alpha value is -1.27. The maximum atomic E-state index is 12.7. The number of ether oxygens (including phenoxy) is 1. The van der Waals surface area contributed by atoms with Crippen LogP contribution >= 0.6 is 0 Å². The van der Waals surface area contributed by atoms with E-state index in [1.807, 2.05) is 18.2 Å². The predicted octanol–water partition coefficient (Wildman–Crippen LogP) is 2.68. The zero-order valence-electron chi connectivity index (χ0n) is 11.9. The lowest BCUT2D eigenvalue weighted by Crippen LogP contribution is -2.48. The fourth-order valence-electron chi connectivity index (χ4n) is 2.59. The van der Waals surface area contributed by atoms with Crippen molar-refractivity contribution in [3.05, 3.63) is 30.3 Å². The monoisotopic (exact) mass is 302 g/mol. The fourth-order valence-corrected chi connectivity index (χ4v) is 2.59. The van der Waals surface area contributed by atoms with E-state index in [-0.39, 0.29) is 12.6 Å². The number of hydrogen-bond donors (Lipinski definition) is 1. The van der Waals surface area contributed by atoms with Crippen molar-refractivity contribution in [1.82, 2.24) is 10.2 Å². The second kappa shape index (κ2) is 7.66. The van der Waals surface area contributed by atoms with Gasteiger partial charge in [-0.25, -0.2) is 0 Å². The van der Waals surface area contributed by atoms with Gasteiger partial charge in [-0.15, -0.1) is 0 Å². The highest BCUT2D eigenvalue weighted by Crippen LogP contribution is 2.21. The molecule has 0 aliphatic carbocycles. The standard InChI is InChI=1S/C15H21F3N2O/c16-15(17,18)12-20(13-6-8-19-9-7-13)10-11-21-14-4-2-1-3-5-14/h1-5,13,19H,6-12H2. The first-order valence-electron chi connectivity index (χ1n) is 7.24. The number of alkyl halides is 3. The second-order valence-electron chi connectivity index (χ2n) is 5.23. The van der Waals surface area contributed by atoms with Crippen molar-refractivity contribution in [3.8, 4) is 5.75 Å². The molecule has 3 nitrogen and oxygen atoms in total. The van der Waals surface area contributed by atoms with Crippen LogP contribution in [0, 0.1) is 0 Å². The maximum absolute atomic E-state index is 12.7. The zero-order valence-corrected chi connectivity index (χ0v) is 11.9. The molecule has 1 heterocycles. The highest BCUT2D eigenvalue weighted by Gasteiger charge is 2.34. The summed E-state index contributed by atoms with van der Waals surface area (Å²) in [7, 11) is 0. The Morgan fingerprint density at radius 2 is 1.81 bits per heavy atom. The van der Waals surface area contributed by atoms with Gasteiger partial charge in [0.1, 0.15) is 12.4 Å². The molecule has 1 aromatic rings. The van der Waals surface area contributed by atoms with E-state index in [4.69, 9.17) is 4.74 Å². The van der Waals surface area contributed by atoms with Crippen LogP contribution in [0.2, 0.25) is 0 Å². The van der Waals surface area contributed by atoms with Gasteiger partial charge in [0.05, 0.1) is 6.54 Å². The Labute approximate surface area is 123 Å². The van der Waals surface area contributed by atoms with E-state index in [0.717, 1.165) is 25.9 Å². The SMILES string of the molecule is FC(F)(F)CN(CCOc1ccccc1)C1CCNCC1. The molecule has 1 fully saturated rings. The minimum Gasteiger partial charge on any atom is -0.492 e. The van der Waals surface area contributed by atoms with E-state index in [1.54, 1.807) is 12.1 Å². The molecule has 0 atom stereocenters. The number of para-hydroxylation sites is 1. The van der Waals surface area contributed by atoms with Gasteiger partial charge >= 0.3 is 6.18 Å². The van der Waals surface area contributed by atoms with Gasteiger partial charge in [0.15, 0.2) is 0 Å². The van der Waals surface area contributed by atoms with Crippen LogP contribution in [0.15, 0.2) is 30.3 Å². The topological polar surface area (TPSA) is 24.5 Å². The van der Waals surface area contributed by atoms with E-state index >= 15 is 0 Å². The summed E-state index contributed by atoms with van der Waals surface area (Å²) in [5.41, 5.74) is 0. The van der Waals surface area contributed by atoms with Gasteiger partial charge in [-0.2, -0.15) is 13.2 Å². The molecule has 21 heavy (non-hydrogen) atoms. The van der Waals surface area contributed by atoms with Crippen molar-refractivity contribution in [1.29, 1.82) is 0 Å². The van der Waals surface area contributed by atoms with Gasteiger partial charge in [-0.1, -0.05) is 18.2 Å². The summed E-state index contributed by atoms with van der Waals surface area (Å²) in [6.45, 7) is 1.25. The van der Waals surface area contributed by atoms with Crippen molar-refractivity contribution in [2.45, 2.75) is 25.1 Å². The first kappa shape index (κ1) is 16.1. The first-order valence-corrected chi connectivity index (χ1v) is 7.24. The Morgan fingerprint density at radius 3 is 2.43 bits per heavy atom. The summed E-state index contributed by atoms with van der Waals surface area (Å²) in [6, 6.07) is 9.15. The third-order valence-electron chi connectivity index (χ3n) is 3.60. The third-order valence-corrected chi connectivity index (χ3v) is 3.60. The summed E-state index contributed by atoms with van der Waals surface area (Å²) in [5, 5.41) is 3.18. The number of piperidine rings is 1. The minimum absolute atomic E-state index is 0.0211. The average Bonchev–Trinajstić information content (AvgIpc) is 2.47. The molecule has 0 spiro atoms. The van der Waals surface area contributed by atoms with Gasteiger partial charge in [0, 0.05) is 12.6 Å². The van der Waals surface area contributed by atoms with Gasteiger partial charge in [-0.3, -0.25) is 4.90 Å². The number of nitrogens with one attached hydrogen (secondary N) is 1. The lowest BCUT2D eigenvalue weighted by atomic mass is 10.0. The van der Waals surface area contributed by atoms with E-state index in [0.29, 0.717) is 12.3 Å². The highest BCUT2D eigenvalue weighted by molar-refractivity contribution is 5.20. The molecule has 0 bridgehead atoms. The van der Waals surface area contributed by atoms with Crippen LogP contribution in [0.3, 0.4) is 0 Å². The van der Waals surface area contributed by atoms with Crippen molar-refractivity contribution in [2.75, 3.05) is 32.8 Å². The van der Waals surface area contributed by atoms with Crippen molar-refractivity contribution in [3.63, 3.8) is 0 Å². The lowest BCUT2D eigenvalue weighted by molar-refractivity contribution is -0.152. The fraction of sp³-hybridized carbons (Fsp3) is 0.600. The summed E-state index contributed by atoms with van der Waals surface area (Å²) >= 11 is 0. The van der Waals surface area contributed by atoms with Crippen molar-refractivity contribution < 1.29 is 17.9 Å². The molecule has 0 amide bonds. The molecule has 2 rings (SSSR count). The second-order valence-corrected chi connectivity index (χ2v) is 5.23. The Morgan fingerprint density at radius 1 is 1.14 bits per heavy atom. The molecule has 6 heteroatoms. The average molecular weight is 302 g/mol. The molecule has 0 aromatic heterocycles. The molecule has 0 unspecified atom stereocenters. The van der Waals surface area contributed by atoms with E-state index in [2.05, 4.69) is 5.32 Å². The molecule has 1 aliphatic rings. The number of hydrogen-bond acceptors (Lipinski definition) is 3. The molecule has 1 aliphatic heterocycles. The van der Waals surface area contributed by atoms with Crippen LogP contribution in [0.4, 0.5) is 13.2 Å². The minimum atomic E-state index is -4.17. The van der Waals surface area contributed by atoms with Gasteiger partial charge in [-0.05, 0) is 38.1 Å². The quantitative estimate of drug-likeness (QED) is 0.874. The van der Waals surface area contributed by atoms with Crippen LogP contribution in [0.5, 0.6) is 5.75 Å². The molecular weight excluding hydrogens is 281 g/mol. The largest absolute Gasteiger partial charge is 0.492 e. The van der Waals surface area contributed by atoms with E-state index in [1.165, 1.54) is 4.90 Å². The molecule has 0 saturated carbocycles. The predicted molar refractivity (Wildman–Crippen MR) is 75.5 cm³/mol. The molecular formula is C15H21F3N2O. The molecule has 0 radical (unpaired) electrons. The molecule has 1 saturated heterocycles. The highest BCUT2D eigenvalue weighted by atomic mass is 19.4. The summed E-state index contributed by atoms with van der Waals surface area (Å²) < 4.78 is 43.7. The van der Waals surface area contributed by atoms with Crippen molar-refractivity contribution >= 4 is 0 Å². The summed E-state index contributed by atoms with van der Waals surface area (Å²) in [4.78, 5) is 1.50. The smallest absolute Gasteiger partial charge is 0.401 e. The van der Waals surface area contributed by atoms with E-state index < -0.39 is 12.7 Å². The zero-order chi connectivity index (χ0) is 15.1. The first-order chi connectivity index (χ1) is 10.0.